The molecule has 0 heterocycles. The van der Waals surface area contributed by atoms with Crippen molar-refractivity contribution in [1.82, 2.24) is 0 Å². The van der Waals surface area contributed by atoms with E-state index in [9.17, 15) is 9.59 Å². The molecule has 74 valence electrons. The average molecular weight is 182 g/mol. The van der Waals surface area contributed by atoms with Crippen LogP contribution in [-0.2, 0) is 9.59 Å². The minimum Gasteiger partial charge on any atom is -0.299 e. The van der Waals surface area contributed by atoms with Gasteiger partial charge in [0.15, 0.2) is 5.78 Å². The highest BCUT2D eigenvalue weighted by molar-refractivity contribution is 5.98. The summed E-state index contributed by atoms with van der Waals surface area (Å²) in [5.41, 5.74) is 0.531. The van der Waals surface area contributed by atoms with Crippen molar-refractivity contribution in [3.8, 4) is 0 Å². The zero-order chi connectivity index (χ0) is 10.6. The Morgan fingerprint density at radius 1 is 1.23 bits per heavy atom. The van der Waals surface area contributed by atoms with Crippen LogP contribution < -0.4 is 0 Å². The number of carbonyl (C=O) groups excluding carboxylic acids is 2. The minimum absolute atomic E-state index is 0.00528. The summed E-state index contributed by atoms with van der Waals surface area (Å²) in [6, 6.07) is 0. The van der Waals surface area contributed by atoms with Gasteiger partial charge in [0.1, 0.15) is 5.78 Å². The molecule has 0 aliphatic rings. The molecule has 0 aromatic carbocycles. The number of carbonyl (C=O) groups is 2. The van der Waals surface area contributed by atoms with Crippen molar-refractivity contribution in [2.24, 2.45) is 11.8 Å². The van der Waals surface area contributed by atoms with Gasteiger partial charge in [0.05, 0.1) is 0 Å². The molecular formula is C11H18O2. The predicted octanol–water partition coefficient (Wildman–Crippen LogP) is 2.38. The van der Waals surface area contributed by atoms with Gasteiger partial charge in [0.25, 0.3) is 0 Å². The monoisotopic (exact) mass is 182 g/mol. The van der Waals surface area contributed by atoms with E-state index in [1.807, 2.05) is 6.92 Å². The van der Waals surface area contributed by atoms with E-state index in [-0.39, 0.29) is 23.4 Å². The second kappa shape index (κ2) is 4.95. The Kier molecular flexibility index (Phi) is 4.60. The quantitative estimate of drug-likeness (QED) is 0.612. The highest BCUT2D eigenvalue weighted by atomic mass is 16.1. The van der Waals surface area contributed by atoms with Crippen LogP contribution in [0.15, 0.2) is 12.2 Å². The molecule has 0 saturated heterocycles. The smallest absolute Gasteiger partial charge is 0.161 e. The van der Waals surface area contributed by atoms with Gasteiger partial charge in [0.2, 0.25) is 0 Å². The van der Waals surface area contributed by atoms with Crippen LogP contribution in [0, 0.1) is 11.8 Å². The molecule has 0 aromatic heterocycles. The van der Waals surface area contributed by atoms with E-state index in [1.165, 1.54) is 0 Å². The lowest BCUT2D eigenvalue weighted by Crippen LogP contribution is -2.25. The molecule has 2 nitrogen and oxygen atoms in total. The van der Waals surface area contributed by atoms with Crippen molar-refractivity contribution in [3.05, 3.63) is 12.2 Å². The third-order valence-corrected chi connectivity index (χ3v) is 2.44. The van der Waals surface area contributed by atoms with E-state index in [0.29, 0.717) is 12.0 Å². The second-order valence-electron chi connectivity index (χ2n) is 3.54. The van der Waals surface area contributed by atoms with Gasteiger partial charge in [-0.2, -0.15) is 0 Å². The van der Waals surface area contributed by atoms with E-state index in [1.54, 1.807) is 20.8 Å². The van der Waals surface area contributed by atoms with Crippen LogP contribution in [0.5, 0.6) is 0 Å². The normalized spacial score (nSPS) is 14.8. The van der Waals surface area contributed by atoms with Gasteiger partial charge in [0, 0.05) is 18.3 Å². The molecule has 2 unspecified atom stereocenters. The number of ketones is 2. The molecule has 2 atom stereocenters. The van der Waals surface area contributed by atoms with Crippen molar-refractivity contribution in [2.45, 2.75) is 34.1 Å². The fourth-order valence-corrected chi connectivity index (χ4v) is 1.22. The first kappa shape index (κ1) is 12.1. The first-order chi connectivity index (χ1) is 5.91. The van der Waals surface area contributed by atoms with Crippen LogP contribution in [0.25, 0.3) is 0 Å². The molecule has 0 fully saturated rings. The van der Waals surface area contributed by atoms with Crippen molar-refractivity contribution >= 4 is 11.6 Å². The van der Waals surface area contributed by atoms with Gasteiger partial charge in [-0.05, 0) is 12.5 Å². The molecule has 0 aliphatic carbocycles. The second-order valence-corrected chi connectivity index (χ2v) is 3.54. The summed E-state index contributed by atoms with van der Waals surface area (Å²) < 4.78 is 0. The third kappa shape index (κ3) is 3.13. The molecule has 0 N–H and O–H groups in total. The fourth-order valence-electron chi connectivity index (χ4n) is 1.22. The van der Waals surface area contributed by atoms with Crippen LogP contribution in [-0.4, -0.2) is 11.6 Å². The molecule has 0 saturated carbocycles. The molecule has 0 aliphatic heterocycles. The lowest BCUT2D eigenvalue weighted by Gasteiger charge is -2.16. The number of hydrogen-bond acceptors (Lipinski definition) is 2. The Labute approximate surface area is 80.0 Å². The van der Waals surface area contributed by atoms with Gasteiger partial charge in [-0.3, -0.25) is 9.59 Å². The number of allylic oxidation sites excluding steroid dienone is 1. The van der Waals surface area contributed by atoms with Gasteiger partial charge in [-0.15, -0.1) is 0 Å². The fraction of sp³-hybridized carbons (Fsp3) is 0.636. The van der Waals surface area contributed by atoms with Gasteiger partial charge in [-0.1, -0.05) is 27.4 Å². The Hall–Kier alpha value is -0.920. The number of rotatable bonds is 5. The maximum Gasteiger partial charge on any atom is 0.161 e. The Morgan fingerprint density at radius 3 is 2.00 bits per heavy atom. The Balaban J connectivity index is 4.42. The average Bonchev–Trinajstić information content (AvgIpc) is 2.12. The summed E-state index contributed by atoms with van der Waals surface area (Å²) in [6.07, 6.45) is 0.495. The van der Waals surface area contributed by atoms with Crippen LogP contribution >= 0.6 is 0 Å². The first-order valence-electron chi connectivity index (χ1n) is 4.64. The van der Waals surface area contributed by atoms with Gasteiger partial charge < -0.3 is 0 Å². The molecule has 0 radical (unpaired) electrons. The predicted molar refractivity (Wildman–Crippen MR) is 53.4 cm³/mol. The maximum absolute atomic E-state index is 11.5. The summed E-state index contributed by atoms with van der Waals surface area (Å²) in [6.45, 7) is 10.7. The van der Waals surface area contributed by atoms with E-state index < -0.39 is 0 Å². The molecular weight excluding hydrogens is 164 g/mol. The van der Waals surface area contributed by atoms with Crippen molar-refractivity contribution in [1.29, 1.82) is 0 Å². The Morgan fingerprint density at radius 2 is 1.69 bits per heavy atom. The summed E-state index contributed by atoms with van der Waals surface area (Å²) >= 11 is 0. The van der Waals surface area contributed by atoms with E-state index in [2.05, 4.69) is 6.58 Å². The zero-order valence-corrected chi connectivity index (χ0v) is 8.89. The summed E-state index contributed by atoms with van der Waals surface area (Å²) in [4.78, 5) is 22.8. The molecule has 2 heteroatoms. The van der Waals surface area contributed by atoms with Crippen molar-refractivity contribution in [2.75, 3.05) is 0 Å². The van der Waals surface area contributed by atoms with Crippen LogP contribution in [0.1, 0.15) is 34.1 Å². The van der Waals surface area contributed by atoms with E-state index >= 15 is 0 Å². The lowest BCUT2D eigenvalue weighted by molar-refractivity contribution is -0.129. The summed E-state index contributed by atoms with van der Waals surface area (Å²) in [7, 11) is 0. The highest BCUT2D eigenvalue weighted by Gasteiger charge is 2.24. The van der Waals surface area contributed by atoms with Crippen LogP contribution in [0.2, 0.25) is 0 Å². The third-order valence-electron chi connectivity index (χ3n) is 2.44. The minimum atomic E-state index is -0.232. The number of Topliss-reactive ketones (excluding diaryl/α,β-unsaturated/α-hetero) is 2. The lowest BCUT2D eigenvalue weighted by atomic mass is 9.85. The van der Waals surface area contributed by atoms with E-state index in [4.69, 9.17) is 0 Å². The van der Waals surface area contributed by atoms with Crippen LogP contribution in [0.4, 0.5) is 0 Å². The number of hydrogen-bond donors (Lipinski definition) is 0. The SMILES string of the molecule is C=C(C)C(=O)C(C)C(C)C(=O)CC. The molecule has 0 bridgehead atoms. The molecule has 0 rings (SSSR count). The highest BCUT2D eigenvalue weighted by Crippen LogP contribution is 2.17. The molecule has 13 heavy (non-hydrogen) atoms. The van der Waals surface area contributed by atoms with Gasteiger partial charge >= 0.3 is 0 Å². The molecule has 0 aromatic rings. The first-order valence-corrected chi connectivity index (χ1v) is 4.64. The maximum atomic E-state index is 11.5. The van der Waals surface area contributed by atoms with E-state index in [0.717, 1.165) is 0 Å². The summed E-state index contributed by atoms with van der Waals surface area (Å²) in [5, 5.41) is 0. The standard InChI is InChI=1S/C11H18O2/c1-6-10(12)8(4)9(5)11(13)7(2)3/h8-9H,2,6H2,1,3-5H3. The zero-order valence-electron chi connectivity index (χ0n) is 8.89. The van der Waals surface area contributed by atoms with Crippen molar-refractivity contribution < 1.29 is 9.59 Å². The largest absolute Gasteiger partial charge is 0.299 e. The van der Waals surface area contributed by atoms with Crippen LogP contribution in [0.3, 0.4) is 0 Å². The molecule has 0 amide bonds. The van der Waals surface area contributed by atoms with Gasteiger partial charge in [-0.25, -0.2) is 0 Å². The topological polar surface area (TPSA) is 34.1 Å². The van der Waals surface area contributed by atoms with Crippen molar-refractivity contribution in [3.63, 3.8) is 0 Å². The Bertz CT molecular complexity index is 228. The summed E-state index contributed by atoms with van der Waals surface area (Å²) in [5.74, 6) is -0.282. The molecule has 0 spiro atoms.